The fourth-order valence-corrected chi connectivity index (χ4v) is 3.83. The fraction of sp³-hybridized carbons (Fsp3) is 0.600. The molecular weight excluding hydrogens is 358 g/mol. The molecule has 0 bridgehead atoms. The third-order valence-corrected chi connectivity index (χ3v) is 5.37. The third-order valence-electron chi connectivity index (χ3n) is 5.37. The smallest absolute Gasteiger partial charge is 0.231 e. The highest BCUT2D eigenvalue weighted by Crippen LogP contribution is 2.33. The monoisotopic (exact) mass is 385 g/mol. The Kier molecular flexibility index (Phi) is 5.45. The van der Waals surface area contributed by atoms with Crippen molar-refractivity contribution >= 4 is 5.91 Å². The fourth-order valence-electron chi connectivity index (χ4n) is 3.83. The second kappa shape index (κ2) is 8.16. The van der Waals surface area contributed by atoms with Gasteiger partial charge < -0.3 is 14.4 Å². The van der Waals surface area contributed by atoms with Crippen LogP contribution >= 0.6 is 0 Å². The number of benzene rings is 1. The van der Waals surface area contributed by atoms with Crippen LogP contribution in [0.3, 0.4) is 0 Å². The summed E-state index contributed by atoms with van der Waals surface area (Å²) in [5, 5.41) is 12.4. The van der Waals surface area contributed by atoms with Crippen LogP contribution in [0.1, 0.15) is 63.4 Å². The second-order valence-electron chi connectivity index (χ2n) is 7.80. The molecule has 1 amide bonds. The Morgan fingerprint density at radius 2 is 2.00 bits per heavy atom. The molecule has 28 heavy (non-hydrogen) atoms. The van der Waals surface area contributed by atoms with Gasteiger partial charge in [-0.05, 0) is 49.6 Å². The lowest BCUT2D eigenvalue weighted by molar-refractivity contribution is -0.134. The van der Waals surface area contributed by atoms with Gasteiger partial charge in [-0.3, -0.25) is 4.79 Å². The molecule has 8 heteroatoms. The van der Waals surface area contributed by atoms with Crippen LogP contribution in [-0.4, -0.2) is 43.8 Å². The van der Waals surface area contributed by atoms with E-state index < -0.39 is 0 Å². The van der Waals surface area contributed by atoms with E-state index in [-0.39, 0.29) is 31.2 Å². The maximum Gasteiger partial charge on any atom is 0.231 e. The molecule has 1 aromatic heterocycles. The zero-order valence-electron chi connectivity index (χ0n) is 16.5. The van der Waals surface area contributed by atoms with Crippen LogP contribution in [0, 0.1) is 0 Å². The van der Waals surface area contributed by atoms with Gasteiger partial charge in [-0.2, -0.15) is 4.80 Å². The van der Waals surface area contributed by atoms with E-state index in [1.807, 2.05) is 36.9 Å². The molecule has 0 N–H and O–H groups in total. The molecule has 2 aromatic rings. The van der Waals surface area contributed by atoms with Gasteiger partial charge in [0.1, 0.15) is 0 Å². The first-order chi connectivity index (χ1) is 13.6. The Labute approximate surface area is 164 Å². The Morgan fingerprint density at radius 3 is 2.75 bits per heavy atom. The molecule has 8 nitrogen and oxygen atoms in total. The number of ether oxygens (including phenoxy) is 2. The van der Waals surface area contributed by atoms with E-state index in [0.717, 1.165) is 42.7 Å². The number of fused-ring (bicyclic) bond motifs is 1. The van der Waals surface area contributed by atoms with Gasteiger partial charge in [-0.25, -0.2) is 0 Å². The van der Waals surface area contributed by atoms with Crippen LogP contribution in [0.2, 0.25) is 0 Å². The zero-order valence-corrected chi connectivity index (χ0v) is 16.5. The van der Waals surface area contributed by atoms with Gasteiger partial charge in [0.15, 0.2) is 17.3 Å². The predicted octanol–water partition coefficient (Wildman–Crippen LogP) is 2.89. The van der Waals surface area contributed by atoms with Gasteiger partial charge in [-0.1, -0.05) is 25.3 Å². The molecule has 1 saturated carbocycles. The second-order valence-corrected chi connectivity index (χ2v) is 7.80. The Hall–Kier alpha value is -2.64. The normalized spacial score (nSPS) is 16.5. The summed E-state index contributed by atoms with van der Waals surface area (Å²) in [6.45, 7) is 4.78. The highest BCUT2D eigenvalue weighted by molar-refractivity contribution is 5.78. The lowest BCUT2D eigenvalue weighted by atomic mass is 9.93. The Balaban J connectivity index is 1.51. The number of hydrogen-bond donors (Lipinski definition) is 0. The quantitative estimate of drug-likeness (QED) is 0.760. The van der Waals surface area contributed by atoms with Crippen molar-refractivity contribution in [1.29, 1.82) is 0 Å². The van der Waals surface area contributed by atoms with E-state index >= 15 is 0 Å². The van der Waals surface area contributed by atoms with E-state index in [2.05, 4.69) is 15.4 Å². The highest BCUT2D eigenvalue weighted by atomic mass is 16.7. The lowest BCUT2D eigenvalue weighted by Gasteiger charge is -2.34. The summed E-state index contributed by atoms with van der Waals surface area (Å²) in [6, 6.07) is 6.27. The van der Waals surface area contributed by atoms with Crippen LogP contribution in [0.5, 0.6) is 11.5 Å². The van der Waals surface area contributed by atoms with Gasteiger partial charge in [0.05, 0.1) is 12.5 Å². The number of rotatable bonds is 6. The van der Waals surface area contributed by atoms with Crippen LogP contribution in [0.25, 0.3) is 0 Å². The molecule has 0 atom stereocenters. The summed E-state index contributed by atoms with van der Waals surface area (Å²) in [5.74, 6) is 2.03. The molecule has 150 valence electrons. The maximum absolute atomic E-state index is 13.2. The van der Waals surface area contributed by atoms with Crippen molar-refractivity contribution in [3.8, 4) is 11.5 Å². The van der Waals surface area contributed by atoms with E-state index in [0.29, 0.717) is 12.4 Å². The van der Waals surface area contributed by atoms with E-state index in [1.165, 1.54) is 6.42 Å². The van der Waals surface area contributed by atoms with Gasteiger partial charge in [0.2, 0.25) is 12.7 Å². The standard InChI is InChI=1S/C20H27N5O3/c1-14(2)25-22-19(21-23-25)11-20(26)24(16-6-4-3-5-7-16)12-15-8-9-17-18(10-15)28-13-27-17/h8-10,14,16H,3-7,11-13H2,1-2H3. The van der Waals surface area contributed by atoms with E-state index in [4.69, 9.17) is 9.47 Å². The molecule has 0 saturated heterocycles. The number of hydrogen-bond acceptors (Lipinski definition) is 6. The van der Waals surface area contributed by atoms with Crippen molar-refractivity contribution in [3.63, 3.8) is 0 Å². The first-order valence-electron chi connectivity index (χ1n) is 10.1. The van der Waals surface area contributed by atoms with Gasteiger partial charge in [0.25, 0.3) is 0 Å². The van der Waals surface area contributed by atoms with Gasteiger partial charge in [-0.15, -0.1) is 10.2 Å². The molecule has 2 aliphatic rings. The van der Waals surface area contributed by atoms with Crippen LogP contribution in [0.4, 0.5) is 0 Å². The van der Waals surface area contributed by atoms with E-state index in [1.54, 1.807) is 4.80 Å². The minimum Gasteiger partial charge on any atom is -0.454 e. The minimum absolute atomic E-state index is 0.0490. The third kappa shape index (κ3) is 4.10. The number of amides is 1. The van der Waals surface area contributed by atoms with E-state index in [9.17, 15) is 4.79 Å². The number of tetrazole rings is 1. The minimum atomic E-state index is 0.0490. The molecule has 1 fully saturated rings. The Morgan fingerprint density at radius 1 is 1.21 bits per heavy atom. The van der Waals surface area contributed by atoms with Crippen molar-refractivity contribution in [2.75, 3.05) is 6.79 Å². The average Bonchev–Trinajstić information content (AvgIpc) is 3.35. The first kappa shape index (κ1) is 18.7. The molecule has 0 radical (unpaired) electrons. The van der Waals surface area contributed by atoms with Gasteiger partial charge in [0, 0.05) is 12.6 Å². The largest absolute Gasteiger partial charge is 0.454 e. The van der Waals surface area contributed by atoms with Crippen molar-refractivity contribution in [1.82, 2.24) is 25.1 Å². The first-order valence-corrected chi connectivity index (χ1v) is 10.1. The number of carbonyl (C=O) groups is 1. The molecule has 2 heterocycles. The van der Waals surface area contributed by atoms with Crippen molar-refractivity contribution in [2.24, 2.45) is 0 Å². The molecule has 1 aromatic carbocycles. The maximum atomic E-state index is 13.2. The average molecular weight is 385 g/mol. The summed E-state index contributed by atoms with van der Waals surface area (Å²) in [5.41, 5.74) is 1.04. The summed E-state index contributed by atoms with van der Waals surface area (Å²) < 4.78 is 10.9. The van der Waals surface area contributed by atoms with Crippen molar-refractivity contribution in [3.05, 3.63) is 29.6 Å². The molecule has 4 rings (SSSR count). The molecular formula is C20H27N5O3. The van der Waals surface area contributed by atoms with Crippen LogP contribution < -0.4 is 9.47 Å². The number of carbonyl (C=O) groups excluding carboxylic acids is 1. The highest BCUT2D eigenvalue weighted by Gasteiger charge is 2.27. The summed E-state index contributed by atoms with van der Waals surface area (Å²) in [7, 11) is 0. The van der Waals surface area contributed by atoms with Crippen molar-refractivity contribution < 1.29 is 14.3 Å². The molecule has 0 unspecified atom stereocenters. The summed E-state index contributed by atoms with van der Waals surface area (Å²) in [4.78, 5) is 16.7. The van der Waals surface area contributed by atoms with Crippen LogP contribution in [0.15, 0.2) is 18.2 Å². The molecule has 1 aliphatic carbocycles. The van der Waals surface area contributed by atoms with Crippen molar-refractivity contribution in [2.45, 2.75) is 71.0 Å². The Bertz CT molecular complexity index is 829. The lowest BCUT2D eigenvalue weighted by Crippen LogP contribution is -2.42. The molecule has 1 aliphatic heterocycles. The topological polar surface area (TPSA) is 82.4 Å². The SMILES string of the molecule is CC(C)n1nnc(CC(=O)N(Cc2ccc3c(c2)OCO3)C2CCCCC2)n1. The summed E-state index contributed by atoms with van der Waals surface area (Å²) >= 11 is 0. The zero-order chi connectivity index (χ0) is 19.5. The molecule has 0 spiro atoms. The number of nitrogens with zero attached hydrogens (tertiary/aromatic N) is 5. The number of aromatic nitrogens is 4. The predicted molar refractivity (Wildman–Crippen MR) is 102 cm³/mol. The van der Waals surface area contributed by atoms with Crippen LogP contribution in [-0.2, 0) is 17.8 Å². The summed E-state index contributed by atoms with van der Waals surface area (Å²) in [6.07, 6.45) is 5.83. The van der Waals surface area contributed by atoms with Gasteiger partial charge >= 0.3 is 0 Å².